The SMILES string of the molecule is COc1cc2ncc3c4c2c(c1-c1cnn(C)c1)OCC(c1c[nH]c2ccccc12)n4c(=O)n3C. The number of methoxy groups -OCH3 is 1. The molecule has 0 amide bonds. The van der Waals surface area contributed by atoms with Gasteiger partial charge in [-0.3, -0.25) is 18.8 Å². The van der Waals surface area contributed by atoms with E-state index in [-0.39, 0.29) is 18.3 Å². The molecule has 0 aliphatic carbocycles. The molecule has 174 valence electrons. The van der Waals surface area contributed by atoms with E-state index in [0.717, 1.165) is 44.0 Å². The number of hydrogen-bond donors (Lipinski definition) is 1. The van der Waals surface area contributed by atoms with Gasteiger partial charge in [0, 0.05) is 54.6 Å². The number of ether oxygens (including phenoxy) is 2. The third-order valence-corrected chi connectivity index (χ3v) is 7.02. The lowest BCUT2D eigenvalue weighted by Gasteiger charge is -2.18. The number of aromatic nitrogens is 6. The standard InChI is InChI=1S/C26H22N6O3/c1-30-12-14(9-29-30)22-21(34-3)8-18-23-24-19(11-28-18)31(2)26(33)32(24)20(13-35-25(22)23)16-10-27-17-7-5-4-6-15(16)17/h4-12,20,27H,13H2,1-3H3. The molecule has 7 rings (SSSR count). The van der Waals surface area contributed by atoms with Crippen molar-refractivity contribution < 1.29 is 9.47 Å². The number of nitrogens with zero attached hydrogens (tertiary/aromatic N) is 5. The highest BCUT2D eigenvalue weighted by atomic mass is 16.5. The van der Waals surface area contributed by atoms with Crippen molar-refractivity contribution in [1.82, 2.24) is 28.9 Å². The molecule has 35 heavy (non-hydrogen) atoms. The molecule has 6 aromatic rings. The molecular formula is C26H22N6O3. The molecule has 5 heterocycles. The molecule has 0 spiro atoms. The van der Waals surface area contributed by atoms with E-state index in [0.29, 0.717) is 17.0 Å². The number of rotatable bonds is 3. The lowest BCUT2D eigenvalue weighted by Crippen LogP contribution is -2.29. The Morgan fingerprint density at radius 1 is 1.20 bits per heavy atom. The number of para-hydroxylation sites is 1. The lowest BCUT2D eigenvalue weighted by molar-refractivity contribution is 0.278. The molecule has 0 saturated carbocycles. The maximum absolute atomic E-state index is 13.7. The largest absolute Gasteiger partial charge is 0.496 e. The van der Waals surface area contributed by atoms with E-state index in [2.05, 4.69) is 21.1 Å². The zero-order valence-electron chi connectivity index (χ0n) is 19.4. The van der Waals surface area contributed by atoms with Crippen LogP contribution in [0.15, 0.2) is 59.9 Å². The molecule has 0 fully saturated rings. The van der Waals surface area contributed by atoms with Gasteiger partial charge < -0.3 is 14.5 Å². The van der Waals surface area contributed by atoms with Gasteiger partial charge in [-0.15, -0.1) is 0 Å². The molecule has 1 unspecified atom stereocenters. The Labute approximate surface area is 199 Å². The van der Waals surface area contributed by atoms with Gasteiger partial charge in [0.05, 0.1) is 53.0 Å². The average Bonchev–Trinajstić information content (AvgIpc) is 3.53. The van der Waals surface area contributed by atoms with E-state index in [9.17, 15) is 4.79 Å². The first-order valence-electron chi connectivity index (χ1n) is 11.3. The van der Waals surface area contributed by atoms with Gasteiger partial charge in [0.2, 0.25) is 0 Å². The molecule has 2 aromatic carbocycles. The Kier molecular flexibility index (Phi) is 3.97. The summed E-state index contributed by atoms with van der Waals surface area (Å²) in [6.07, 6.45) is 7.44. The van der Waals surface area contributed by atoms with Crippen molar-refractivity contribution in [1.29, 1.82) is 0 Å². The van der Waals surface area contributed by atoms with E-state index in [1.165, 1.54) is 0 Å². The van der Waals surface area contributed by atoms with Gasteiger partial charge in [0.15, 0.2) is 0 Å². The summed E-state index contributed by atoms with van der Waals surface area (Å²) in [7, 11) is 5.29. The van der Waals surface area contributed by atoms with E-state index in [1.54, 1.807) is 35.8 Å². The topological polar surface area (TPSA) is 91.9 Å². The van der Waals surface area contributed by atoms with Crippen molar-refractivity contribution in [2.45, 2.75) is 6.04 Å². The highest BCUT2D eigenvalue weighted by Crippen LogP contribution is 2.47. The van der Waals surface area contributed by atoms with Crippen LogP contribution in [-0.2, 0) is 14.1 Å². The number of fused-ring (bicyclic) bond motifs is 1. The van der Waals surface area contributed by atoms with Crippen LogP contribution in [0.1, 0.15) is 11.6 Å². The summed E-state index contributed by atoms with van der Waals surface area (Å²) in [5.74, 6) is 1.29. The normalized spacial score (nSPS) is 15.2. The van der Waals surface area contributed by atoms with Crippen molar-refractivity contribution >= 4 is 32.8 Å². The first kappa shape index (κ1) is 19.9. The molecule has 0 saturated heterocycles. The van der Waals surface area contributed by atoms with Crippen molar-refractivity contribution in [3.63, 3.8) is 0 Å². The number of imidazole rings is 1. The summed E-state index contributed by atoms with van der Waals surface area (Å²) in [4.78, 5) is 21.7. The number of benzene rings is 2. The van der Waals surface area contributed by atoms with Crippen molar-refractivity contribution in [3.8, 4) is 22.6 Å². The third kappa shape index (κ3) is 2.60. The quantitative estimate of drug-likeness (QED) is 0.429. The van der Waals surface area contributed by atoms with E-state index >= 15 is 0 Å². The van der Waals surface area contributed by atoms with Gasteiger partial charge in [-0.1, -0.05) is 18.2 Å². The number of H-pyrrole nitrogens is 1. The maximum atomic E-state index is 13.7. The van der Waals surface area contributed by atoms with E-state index < -0.39 is 0 Å². The number of aryl methyl sites for hydroxylation is 2. The van der Waals surface area contributed by atoms with Crippen LogP contribution in [0.5, 0.6) is 11.5 Å². The van der Waals surface area contributed by atoms with Gasteiger partial charge in [0.1, 0.15) is 18.1 Å². The Balaban J connectivity index is 1.61. The highest BCUT2D eigenvalue weighted by Gasteiger charge is 2.32. The van der Waals surface area contributed by atoms with Crippen LogP contribution in [0.2, 0.25) is 0 Å². The minimum Gasteiger partial charge on any atom is -0.496 e. The molecule has 9 nitrogen and oxygen atoms in total. The highest BCUT2D eigenvalue weighted by molar-refractivity contribution is 6.10. The van der Waals surface area contributed by atoms with Gasteiger partial charge in [-0.05, 0) is 6.07 Å². The Hall–Kier alpha value is -4.53. The van der Waals surface area contributed by atoms with Gasteiger partial charge in [-0.25, -0.2) is 4.79 Å². The third-order valence-electron chi connectivity index (χ3n) is 7.02. The summed E-state index contributed by atoms with van der Waals surface area (Å²) in [5, 5.41) is 6.21. The summed E-state index contributed by atoms with van der Waals surface area (Å²) < 4.78 is 17.6. The van der Waals surface area contributed by atoms with Crippen LogP contribution in [0.3, 0.4) is 0 Å². The van der Waals surface area contributed by atoms with Crippen molar-refractivity contribution in [2.75, 3.05) is 13.7 Å². The predicted molar refractivity (Wildman–Crippen MR) is 133 cm³/mol. The molecule has 1 N–H and O–H groups in total. The van der Waals surface area contributed by atoms with E-state index in [4.69, 9.17) is 9.47 Å². The second-order valence-corrected chi connectivity index (χ2v) is 8.90. The Morgan fingerprint density at radius 3 is 2.86 bits per heavy atom. The van der Waals surface area contributed by atoms with E-state index in [1.807, 2.05) is 48.3 Å². The lowest BCUT2D eigenvalue weighted by atomic mass is 10.0. The zero-order chi connectivity index (χ0) is 23.8. The van der Waals surface area contributed by atoms with Crippen molar-refractivity contribution in [2.24, 2.45) is 14.1 Å². The fraction of sp³-hybridized carbons (Fsp3) is 0.192. The molecule has 1 aliphatic heterocycles. The minimum absolute atomic E-state index is 0.111. The summed E-state index contributed by atoms with van der Waals surface area (Å²) >= 11 is 0. The molecule has 9 heteroatoms. The molecule has 1 aliphatic rings. The van der Waals surface area contributed by atoms with Crippen LogP contribution in [0, 0.1) is 0 Å². The number of hydrogen-bond acceptors (Lipinski definition) is 5. The smallest absolute Gasteiger partial charge is 0.329 e. The average molecular weight is 467 g/mol. The van der Waals surface area contributed by atoms with Crippen LogP contribution < -0.4 is 15.2 Å². The number of pyridine rings is 1. The second-order valence-electron chi connectivity index (χ2n) is 8.90. The van der Waals surface area contributed by atoms with Gasteiger partial charge >= 0.3 is 5.69 Å². The summed E-state index contributed by atoms with van der Waals surface area (Å²) in [5.41, 5.74) is 5.83. The zero-order valence-corrected chi connectivity index (χ0v) is 19.4. The number of nitrogens with one attached hydrogen (secondary N) is 1. The maximum Gasteiger partial charge on any atom is 0.329 e. The number of aromatic amines is 1. The van der Waals surface area contributed by atoms with Crippen LogP contribution in [0.25, 0.3) is 44.0 Å². The Bertz CT molecular complexity index is 1850. The van der Waals surface area contributed by atoms with Crippen LogP contribution in [-0.4, -0.2) is 42.6 Å². The molecule has 0 radical (unpaired) electrons. The van der Waals surface area contributed by atoms with Crippen LogP contribution >= 0.6 is 0 Å². The molecular weight excluding hydrogens is 444 g/mol. The monoisotopic (exact) mass is 466 g/mol. The minimum atomic E-state index is -0.340. The second kappa shape index (κ2) is 6.99. The molecule has 4 aromatic heterocycles. The predicted octanol–water partition coefficient (Wildman–Crippen LogP) is 3.76. The fourth-order valence-corrected chi connectivity index (χ4v) is 5.38. The summed E-state index contributed by atoms with van der Waals surface area (Å²) in [6, 6.07) is 9.66. The van der Waals surface area contributed by atoms with Crippen molar-refractivity contribution in [3.05, 3.63) is 71.2 Å². The summed E-state index contributed by atoms with van der Waals surface area (Å²) in [6.45, 7) is 0.269. The first-order chi connectivity index (χ1) is 17.1. The van der Waals surface area contributed by atoms with Gasteiger partial charge in [0.25, 0.3) is 0 Å². The Morgan fingerprint density at radius 2 is 2.06 bits per heavy atom. The molecule has 1 atom stereocenters. The van der Waals surface area contributed by atoms with Gasteiger partial charge in [-0.2, -0.15) is 5.10 Å². The fourth-order valence-electron chi connectivity index (χ4n) is 5.38. The first-order valence-corrected chi connectivity index (χ1v) is 11.3. The van der Waals surface area contributed by atoms with Crippen LogP contribution in [0.4, 0.5) is 0 Å². The molecule has 0 bridgehead atoms.